The molecule has 4 heteroatoms. The van der Waals surface area contributed by atoms with Crippen molar-refractivity contribution in [2.45, 2.75) is 0 Å². The minimum absolute atomic E-state index is 0. The Morgan fingerprint density at radius 3 is 1.48 bits per heavy atom. The van der Waals surface area contributed by atoms with Crippen LogP contribution in [-0.4, -0.2) is 18.6 Å². The van der Waals surface area contributed by atoms with Crippen LogP contribution in [0.4, 0.5) is 0 Å². The molecular weight excluding hydrogens is 417 g/mol. The molecule has 27 heavy (non-hydrogen) atoms. The molecule has 3 rings (SSSR count). The summed E-state index contributed by atoms with van der Waals surface area (Å²) < 4.78 is 0. The van der Waals surface area contributed by atoms with Gasteiger partial charge in [0.25, 0.3) is 5.91 Å². The van der Waals surface area contributed by atoms with Crippen LogP contribution in [0.15, 0.2) is 91.0 Å². The number of amides is 1. The van der Waals surface area contributed by atoms with Gasteiger partial charge in [0.15, 0.2) is 6.16 Å². The summed E-state index contributed by atoms with van der Waals surface area (Å²) in [7, 11) is -2.13. The van der Waals surface area contributed by atoms with Crippen molar-refractivity contribution in [1.29, 1.82) is 0 Å². The summed E-state index contributed by atoms with van der Waals surface area (Å²) >= 11 is 0. The maximum Gasteiger partial charge on any atom is 0.259 e. The second-order valence-corrected chi connectivity index (χ2v) is 9.44. The largest absolute Gasteiger partial charge is 1.00 e. The topological polar surface area (TPSA) is 29.1 Å². The smallest absolute Gasteiger partial charge is 0.259 e. The highest BCUT2D eigenvalue weighted by Crippen LogP contribution is 2.54. The quantitative estimate of drug-likeness (QED) is 0.417. The van der Waals surface area contributed by atoms with Gasteiger partial charge in [0.05, 0.1) is 6.54 Å². The summed E-state index contributed by atoms with van der Waals surface area (Å²) in [5, 5.41) is 6.41. The first-order chi connectivity index (χ1) is 12.8. The number of rotatable bonds is 6. The number of carbonyl (C=O) groups is 1. The highest BCUT2D eigenvalue weighted by Gasteiger charge is 2.47. The molecule has 0 bridgehead atoms. The van der Waals surface area contributed by atoms with Crippen LogP contribution in [0.3, 0.4) is 0 Å². The molecule has 0 unspecified atom stereocenters. The van der Waals surface area contributed by atoms with Crippen LogP contribution in [0.5, 0.6) is 0 Å². The molecule has 3 aromatic rings. The lowest BCUT2D eigenvalue weighted by atomic mass is 10.4. The molecule has 3 aromatic carbocycles. The van der Waals surface area contributed by atoms with Gasteiger partial charge in [-0.2, -0.15) is 0 Å². The van der Waals surface area contributed by atoms with E-state index >= 15 is 0 Å². The van der Waals surface area contributed by atoms with E-state index in [0.29, 0.717) is 6.16 Å². The van der Waals surface area contributed by atoms with E-state index in [1.165, 1.54) is 15.9 Å². The zero-order valence-electron chi connectivity index (χ0n) is 14.9. The van der Waals surface area contributed by atoms with E-state index in [4.69, 9.17) is 6.42 Å². The molecule has 0 aromatic heterocycles. The Kier molecular flexibility index (Phi) is 7.80. The van der Waals surface area contributed by atoms with E-state index in [-0.39, 0.29) is 29.4 Å². The number of carbonyl (C=O) groups excluding carboxylic acids is 1. The summed E-state index contributed by atoms with van der Waals surface area (Å²) in [6.45, 7) is 0.247. The van der Waals surface area contributed by atoms with E-state index in [2.05, 4.69) is 47.6 Å². The Hall–Kier alpha value is -2.40. The zero-order valence-corrected chi connectivity index (χ0v) is 17.4. The van der Waals surface area contributed by atoms with Crippen molar-refractivity contribution in [2.24, 2.45) is 0 Å². The van der Waals surface area contributed by atoms with Gasteiger partial charge in [-0.15, -0.1) is 6.42 Å². The van der Waals surface area contributed by atoms with E-state index in [9.17, 15) is 4.79 Å². The molecule has 0 fully saturated rings. The molecule has 0 spiro atoms. The zero-order chi connectivity index (χ0) is 18.2. The number of terminal acetylenes is 1. The highest BCUT2D eigenvalue weighted by atomic mass is 79.9. The number of hydrogen-bond donors (Lipinski definition) is 1. The van der Waals surface area contributed by atoms with Gasteiger partial charge in [0.1, 0.15) is 23.2 Å². The third-order valence-electron chi connectivity index (χ3n) is 4.36. The number of nitrogens with one attached hydrogen (secondary N) is 1. The normalized spacial score (nSPS) is 10.3. The molecule has 0 aliphatic rings. The van der Waals surface area contributed by atoms with Gasteiger partial charge < -0.3 is 22.3 Å². The van der Waals surface area contributed by atoms with Gasteiger partial charge in [-0.3, -0.25) is 4.79 Å². The molecule has 136 valence electrons. The van der Waals surface area contributed by atoms with E-state index in [0.717, 1.165) is 0 Å². The Labute approximate surface area is 172 Å². The van der Waals surface area contributed by atoms with Crippen LogP contribution in [-0.2, 0) is 4.79 Å². The van der Waals surface area contributed by atoms with Crippen molar-refractivity contribution >= 4 is 29.1 Å². The van der Waals surface area contributed by atoms with Crippen molar-refractivity contribution in [3.8, 4) is 12.3 Å². The standard InChI is InChI=1S/C23H20NOP.BrH/c1-2-18-24-23(25)19-26(20-12-6-3-7-13-20,21-14-8-4-9-15-21)22-16-10-5-11-17-22;/h1,3-17H,18-19H2;1H. The first kappa shape index (κ1) is 20.9. The summed E-state index contributed by atoms with van der Waals surface area (Å²) in [5.41, 5.74) is 0. The molecule has 0 aliphatic carbocycles. The van der Waals surface area contributed by atoms with E-state index in [1.54, 1.807) is 0 Å². The first-order valence-corrected chi connectivity index (χ1v) is 10.5. The molecule has 1 amide bonds. The summed E-state index contributed by atoms with van der Waals surface area (Å²) in [4.78, 5) is 12.8. The molecule has 0 radical (unpaired) electrons. The van der Waals surface area contributed by atoms with Gasteiger partial charge in [-0.1, -0.05) is 60.5 Å². The number of benzene rings is 3. The highest BCUT2D eigenvalue weighted by molar-refractivity contribution is 7.96. The lowest BCUT2D eigenvalue weighted by Gasteiger charge is -2.27. The van der Waals surface area contributed by atoms with Crippen LogP contribution >= 0.6 is 7.26 Å². The lowest BCUT2D eigenvalue weighted by molar-refractivity contribution is -0.118. The minimum atomic E-state index is -2.13. The van der Waals surface area contributed by atoms with Crippen LogP contribution < -0.4 is 38.2 Å². The van der Waals surface area contributed by atoms with Crippen molar-refractivity contribution in [1.82, 2.24) is 5.32 Å². The van der Waals surface area contributed by atoms with Gasteiger partial charge in [0, 0.05) is 0 Å². The Morgan fingerprint density at radius 2 is 1.15 bits per heavy atom. The summed E-state index contributed by atoms with van der Waals surface area (Å²) in [6.07, 6.45) is 5.71. The minimum Gasteiger partial charge on any atom is -1.00 e. The van der Waals surface area contributed by atoms with E-state index < -0.39 is 7.26 Å². The molecule has 0 saturated carbocycles. The Balaban J connectivity index is 0.00000261. The Bertz CT molecular complexity index is 795. The van der Waals surface area contributed by atoms with Gasteiger partial charge in [-0.25, -0.2) is 0 Å². The maximum atomic E-state index is 12.8. The molecular formula is C23H21BrNOP. The fraction of sp³-hybridized carbons (Fsp3) is 0.0870. The molecule has 0 saturated heterocycles. The second kappa shape index (κ2) is 10.1. The summed E-state index contributed by atoms with van der Waals surface area (Å²) in [6, 6.07) is 31.0. The monoisotopic (exact) mass is 437 g/mol. The fourth-order valence-electron chi connectivity index (χ4n) is 3.19. The van der Waals surface area contributed by atoms with E-state index in [1.807, 2.05) is 54.6 Å². The lowest BCUT2D eigenvalue weighted by Crippen LogP contribution is -3.00. The molecule has 0 heterocycles. The van der Waals surface area contributed by atoms with Crippen molar-refractivity contribution < 1.29 is 21.8 Å². The third kappa shape index (κ3) is 4.66. The van der Waals surface area contributed by atoms with Gasteiger partial charge in [0.2, 0.25) is 0 Å². The molecule has 2 nitrogen and oxygen atoms in total. The van der Waals surface area contributed by atoms with Crippen LogP contribution in [0, 0.1) is 12.3 Å². The van der Waals surface area contributed by atoms with Crippen LogP contribution in [0.1, 0.15) is 0 Å². The molecule has 0 aliphatic heterocycles. The predicted octanol–water partition coefficient (Wildman–Crippen LogP) is -0.266. The molecule has 0 atom stereocenters. The maximum absolute atomic E-state index is 12.8. The van der Waals surface area contributed by atoms with Crippen LogP contribution in [0.25, 0.3) is 0 Å². The summed E-state index contributed by atoms with van der Waals surface area (Å²) in [5.74, 6) is 2.46. The van der Waals surface area contributed by atoms with Gasteiger partial charge >= 0.3 is 0 Å². The SMILES string of the molecule is C#CCNC(=O)C[P+](c1ccccc1)(c1ccccc1)c1ccccc1.[Br-]. The average Bonchev–Trinajstić information content (AvgIpc) is 2.72. The average molecular weight is 438 g/mol. The fourth-order valence-corrected chi connectivity index (χ4v) is 7.22. The Morgan fingerprint density at radius 1 is 0.778 bits per heavy atom. The predicted molar refractivity (Wildman–Crippen MR) is 112 cm³/mol. The third-order valence-corrected chi connectivity index (χ3v) is 8.66. The van der Waals surface area contributed by atoms with Crippen LogP contribution in [0.2, 0.25) is 0 Å². The van der Waals surface area contributed by atoms with Crippen molar-refractivity contribution in [2.75, 3.05) is 12.7 Å². The number of halogens is 1. The van der Waals surface area contributed by atoms with Crippen molar-refractivity contribution in [3.05, 3.63) is 91.0 Å². The van der Waals surface area contributed by atoms with Crippen molar-refractivity contribution in [3.63, 3.8) is 0 Å². The molecule has 1 N–H and O–H groups in total. The first-order valence-electron chi connectivity index (χ1n) is 8.52. The van der Waals surface area contributed by atoms with Gasteiger partial charge in [-0.05, 0) is 36.4 Å². The second-order valence-electron chi connectivity index (χ2n) is 5.96. The number of hydrogen-bond acceptors (Lipinski definition) is 1.